The van der Waals surface area contributed by atoms with Gasteiger partial charge in [0.15, 0.2) is 0 Å². The Labute approximate surface area is 78.2 Å². The number of hydrogen-bond donors (Lipinski definition) is 0. The zero-order valence-corrected chi connectivity index (χ0v) is 10.4. The molecule has 8 heavy (non-hydrogen) atoms. The fourth-order valence-corrected chi connectivity index (χ4v) is 2.81. The molecule has 0 aliphatic rings. The summed E-state index contributed by atoms with van der Waals surface area (Å²) < 4.78 is -0.537. The summed E-state index contributed by atoms with van der Waals surface area (Å²) in [5.74, 6) is 0. The Morgan fingerprint density at radius 2 is 2.12 bits per heavy atom. The molecule has 0 amide bonds. The summed E-state index contributed by atoms with van der Waals surface area (Å²) in [6.07, 6.45) is 2.50. The van der Waals surface area contributed by atoms with Gasteiger partial charge in [-0.05, 0) is 6.42 Å². The van der Waals surface area contributed by atoms with Crippen LogP contribution in [-0.2, 0) is 0 Å². The van der Waals surface area contributed by atoms with Gasteiger partial charge >= 0.3 is 0 Å². The third-order valence-electron chi connectivity index (χ3n) is 0.880. The van der Waals surface area contributed by atoms with E-state index in [4.69, 9.17) is 0 Å². The smallest absolute Gasteiger partial charge is 0.103 e. The summed E-state index contributed by atoms with van der Waals surface area (Å²) in [4.78, 5) is 0. The van der Waals surface area contributed by atoms with Crippen LogP contribution >= 0.6 is 43.6 Å². The normalized spacial score (nSPS) is 10.0. The molecule has 0 fully saturated rings. The number of hydrogen-bond acceptors (Lipinski definition) is 0. The van der Waals surface area contributed by atoms with E-state index in [1.54, 1.807) is 0 Å². The molecule has 3 heteroatoms. The van der Waals surface area contributed by atoms with Gasteiger partial charge in [-0.2, -0.15) is 0 Å². The summed E-state index contributed by atoms with van der Waals surface area (Å²) in [7, 11) is 0. The lowest BCUT2D eigenvalue weighted by molar-refractivity contribution is 0.947. The average Bonchev–Trinajstić information content (AvgIpc) is 1.67. The first kappa shape index (κ1) is 9.42. The second-order valence-electron chi connectivity index (χ2n) is 1.71. The first-order valence-electron chi connectivity index (χ1n) is 2.64. The van der Waals surface area contributed by atoms with Crippen molar-refractivity contribution >= 4 is 47.4 Å². The summed E-state index contributed by atoms with van der Waals surface area (Å²) in [5.41, 5.74) is 0. The fourth-order valence-electron chi connectivity index (χ4n) is 0.430. The van der Waals surface area contributed by atoms with Crippen molar-refractivity contribution in [2.75, 3.05) is 0 Å². The largest absolute Gasteiger partial charge is 0.202 e. The van der Waals surface area contributed by atoms with Crippen molar-refractivity contribution < 1.29 is 0 Å². The van der Waals surface area contributed by atoms with Gasteiger partial charge in [-0.25, -0.2) is 0 Å². The molecule has 0 heterocycles. The Hall–Kier alpha value is 1.42. The standard InChI is InChI=1S/C5H10I2Si/c1-3-4-5(2)8(6)7/h8H,2-4H2,1H3. The van der Waals surface area contributed by atoms with Crippen LogP contribution in [0.2, 0.25) is 0 Å². The maximum Gasteiger partial charge on any atom is 0.202 e. The maximum absolute atomic E-state index is 3.99. The molecule has 0 aromatic carbocycles. The quantitative estimate of drug-likeness (QED) is 0.416. The third kappa shape index (κ3) is 4.31. The monoisotopic (exact) mass is 352 g/mol. The Morgan fingerprint density at radius 1 is 1.62 bits per heavy atom. The molecule has 0 bridgehead atoms. The molecule has 0 aromatic heterocycles. The van der Waals surface area contributed by atoms with Gasteiger partial charge in [-0.3, -0.25) is 0 Å². The SMILES string of the molecule is C=C(CCC)[SiH](I)I. The van der Waals surface area contributed by atoms with Crippen molar-refractivity contribution in [3.8, 4) is 0 Å². The third-order valence-corrected chi connectivity index (χ3v) is 7.07. The van der Waals surface area contributed by atoms with Gasteiger partial charge in [0.1, 0.15) is 0 Å². The predicted octanol–water partition coefficient (Wildman–Crippen LogP) is 2.97. The highest BCUT2D eigenvalue weighted by Gasteiger charge is 2.02. The van der Waals surface area contributed by atoms with E-state index in [0.29, 0.717) is 0 Å². The molecule has 48 valence electrons. The van der Waals surface area contributed by atoms with E-state index in [-0.39, 0.29) is 0 Å². The number of allylic oxidation sites excluding steroid dienone is 1. The van der Waals surface area contributed by atoms with Gasteiger partial charge < -0.3 is 0 Å². The van der Waals surface area contributed by atoms with Crippen molar-refractivity contribution in [3.63, 3.8) is 0 Å². The second kappa shape index (κ2) is 5.22. The second-order valence-corrected chi connectivity index (χ2v) is 17.8. The zero-order valence-electron chi connectivity index (χ0n) is 4.95. The van der Waals surface area contributed by atoms with Gasteiger partial charge in [0.05, 0.1) is 0 Å². The van der Waals surface area contributed by atoms with Crippen molar-refractivity contribution in [1.82, 2.24) is 0 Å². The lowest BCUT2D eigenvalue weighted by atomic mass is 10.3. The molecule has 0 saturated carbocycles. The zero-order chi connectivity index (χ0) is 6.57. The van der Waals surface area contributed by atoms with Crippen LogP contribution in [-0.4, -0.2) is 3.79 Å². The van der Waals surface area contributed by atoms with Crippen molar-refractivity contribution in [2.45, 2.75) is 19.8 Å². The summed E-state index contributed by atoms with van der Waals surface area (Å²) in [6.45, 7) is 6.19. The molecule has 0 rings (SSSR count). The minimum atomic E-state index is -0.537. The van der Waals surface area contributed by atoms with Crippen molar-refractivity contribution in [1.29, 1.82) is 0 Å². The van der Waals surface area contributed by atoms with E-state index in [0.717, 1.165) is 0 Å². The lowest BCUT2D eigenvalue weighted by Crippen LogP contribution is -1.94. The minimum absolute atomic E-state index is 0.537. The number of rotatable bonds is 3. The van der Waals surface area contributed by atoms with Gasteiger partial charge in [0.2, 0.25) is 3.79 Å². The van der Waals surface area contributed by atoms with Gasteiger partial charge in [-0.15, -0.1) is 50.2 Å². The van der Waals surface area contributed by atoms with Gasteiger partial charge in [0.25, 0.3) is 0 Å². The molecule has 0 aliphatic heterocycles. The summed E-state index contributed by atoms with van der Waals surface area (Å²) in [6, 6.07) is 0. The van der Waals surface area contributed by atoms with Crippen molar-refractivity contribution in [2.24, 2.45) is 0 Å². The molecular weight excluding hydrogens is 342 g/mol. The Bertz CT molecular complexity index is 80.5. The first-order chi connectivity index (χ1) is 3.68. The molecule has 0 unspecified atom stereocenters. The molecule has 0 atom stereocenters. The average molecular weight is 352 g/mol. The molecular formula is C5H10I2Si. The van der Waals surface area contributed by atoms with Crippen LogP contribution in [0, 0.1) is 0 Å². The molecule has 0 saturated heterocycles. The molecule has 0 aliphatic carbocycles. The van der Waals surface area contributed by atoms with Crippen LogP contribution < -0.4 is 0 Å². The van der Waals surface area contributed by atoms with Crippen LogP contribution in [0.25, 0.3) is 0 Å². The topological polar surface area (TPSA) is 0 Å². The Morgan fingerprint density at radius 3 is 2.25 bits per heavy atom. The van der Waals surface area contributed by atoms with E-state index in [2.05, 4.69) is 57.1 Å². The molecule has 0 aromatic rings. The first-order valence-corrected chi connectivity index (χ1v) is 11.6. The van der Waals surface area contributed by atoms with Crippen molar-refractivity contribution in [3.05, 3.63) is 11.8 Å². The van der Waals surface area contributed by atoms with Crippen LogP contribution in [0.15, 0.2) is 11.8 Å². The Balaban J connectivity index is 3.33. The van der Waals surface area contributed by atoms with E-state index in [1.165, 1.54) is 18.0 Å². The van der Waals surface area contributed by atoms with E-state index in [9.17, 15) is 0 Å². The molecule has 0 spiro atoms. The van der Waals surface area contributed by atoms with Crippen LogP contribution in [0.4, 0.5) is 0 Å². The number of halogens is 2. The van der Waals surface area contributed by atoms with Crippen LogP contribution in [0.1, 0.15) is 19.8 Å². The highest BCUT2D eigenvalue weighted by atomic mass is 127. The van der Waals surface area contributed by atoms with Gasteiger partial charge in [-0.1, -0.05) is 18.5 Å². The summed E-state index contributed by atoms with van der Waals surface area (Å²) in [5, 5.41) is 1.49. The minimum Gasteiger partial charge on any atom is -0.103 e. The molecule has 0 radical (unpaired) electrons. The van der Waals surface area contributed by atoms with E-state index in [1.807, 2.05) is 0 Å². The molecule has 0 nitrogen and oxygen atoms in total. The predicted molar refractivity (Wildman–Crippen MR) is 59.2 cm³/mol. The van der Waals surface area contributed by atoms with E-state index >= 15 is 0 Å². The fraction of sp³-hybridized carbons (Fsp3) is 0.600. The highest BCUT2D eigenvalue weighted by molar-refractivity contribution is 14.3. The highest BCUT2D eigenvalue weighted by Crippen LogP contribution is 2.17. The Kier molecular flexibility index (Phi) is 6.15. The van der Waals surface area contributed by atoms with Crippen LogP contribution in [0.5, 0.6) is 0 Å². The van der Waals surface area contributed by atoms with Crippen LogP contribution in [0.3, 0.4) is 0 Å². The summed E-state index contributed by atoms with van der Waals surface area (Å²) >= 11 is 5.04. The van der Waals surface area contributed by atoms with Gasteiger partial charge in [0, 0.05) is 0 Å². The molecule has 0 N–H and O–H groups in total. The maximum atomic E-state index is 3.99. The van der Waals surface area contributed by atoms with E-state index < -0.39 is 3.79 Å². The lowest BCUT2D eigenvalue weighted by Gasteiger charge is -2.00.